The van der Waals surface area contributed by atoms with E-state index in [9.17, 15) is 9.18 Å². The first-order chi connectivity index (χ1) is 12.6. The van der Waals surface area contributed by atoms with Gasteiger partial charge in [0.2, 0.25) is 0 Å². The molecule has 0 unspecified atom stereocenters. The van der Waals surface area contributed by atoms with Gasteiger partial charge in [-0.15, -0.1) is 0 Å². The zero-order chi connectivity index (χ0) is 18.4. The van der Waals surface area contributed by atoms with Gasteiger partial charge in [0.05, 0.1) is 11.9 Å². The molecular weight excluding hydrogens is 353 g/mol. The van der Waals surface area contributed by atoms with E-state index < -0.39 is 0 Å². The second-order valence-electron chi connectivity index (χ2n) is 5.70. The van der Waals surface area contributed by atoms with Crippen LogP contribution in [0.25, 0.3) is 0 Å². The van der Waals surface area contributed by atoms with Gasteiger partial charge in [0.1, 0.15) is 11.6 Å². The Bertz CT molecular complexity index is 865. The fourth-order valence-electron chi connectivity index (χ4n) is 2.36. The first kappa shape index (κ1) is 17.9. The van der Waals surface area contributed by atoms with E-state index >= 15 is 0 Å². The van der Waals surface area contributed by atoms with Gasteiger partial charge in [-0.05, 0) is 60.5 Å². The minimum absolute atomic E-state index is 0.332. The predicted octanol–water partition coefficient (Wildman–Crippen LogP) is 4.78. The summed E-state index contributed by atoms with van der Waals surface area (Å²) in [4.78, 5) is 16.3. The van der Waals surface area contributed by atoms with Crippen LogP contribution in [0.2, 0.25) is 5.02 Å². The minimum Gasteiger partial charge on any atom is -0.383 e. The van der Waals surface area contributed by atoms with Crippen molar-refractivity contribution < 1.29 is 9.18 Å². The van der Waals surface area contributed by atoms with Gasteiger partial charge in [0, 0.05) is 17.1 Å². The first-order valence-electron chi connectivity index (χ1n) is 8.11. The van der Waals surface area contributed by atoms with Crippen molar-refractivity contribution in [1.82, 2.24) is 4.98 Å². The number of nitrogens with one attached hydrogen (secondary N) is 2. The molecule has 0 bridgehead atoms. The van der Waals surface area contributed by atoms with Gasteiger partial charge in [-0.1, -0.05) is 23.7 Å². The Morgan fingerprint density at radius 2 is 1.73 bits per heavy atom. The highest BCUT2D eigenvalue weighted by molar-refractivity contribution is 6.30. The van der Waals surface area contributed by atoms with Crippen LogP contribution < -0.4 is 10.6 Å². The number of hydrogen-bond acceptors (Lipinski definition) is 3. The lowest BCUT2D eigenvalue weighted by atomic mass is 10.1. The Balaban J connectivity index is 1.50. The summed E-state index contributed by atoms with van der Waals surface area (Å²) in [6.45, 7) is 0.755. The van der Waals surface area contributed by atoms with E-state index in [2.05, 4.69) is 15.6 Å². The van der Waals surface area contributed by atoms with E-state index in [1.807, 2.05) is 30.3 Å². The molecule has 3 rings (SSSR count). The average Bonchev–Trinajstić information content (AvgIpc) is 2.65. The van der Waals surface area contributed by atoms with Crippen LogP contribution in [-0.4, -0.2) is 17.4 Å². The molecule has 3 aromatic rings. The predicted molar refractivity (Wildman–Crippen MR) is 102 cm³/mol. The van der Waals surface area contributed by atoms with Crippen LogP contribution >= 0.6 is 11.6 Å². The number of benzene rings is 2. The molecule has 0 aliphatic carbocycles. The van der Waals surface area contributed by atoms with Crippen LogP contribution in [-0.2, 0) is 6.42 Å². The van der Waals surface area contributed by atoms with Crippen LogP contribution in [0.4, 0.5) is 15.9 Å². The molecule has 1 heterocycles. The molecule has 6 heteroatoms. The van der Waals surface area contributed by atoms with Gasteiger partial charge in [0.25, 0.3) is 5.91 Å². The van der Waals surface area contributed by atoms with E-state index in [1.165, 1.54) is 29.8 Å². The second-order valence-corrected chi connectivity index (χ2v) is 6.13. The molecule has 1 amide bonds. The zero-order valence-electron chi connectivity index (χ0n) is 13.9. The van der Waals surface area contributed by atoms with Gasteiger partial charge in [-0.3, -0.25) is 4.79 Å². The normalized spacial score (nSPS) is 10.4. The molecule has 2 N–H and O–H groups in total. The molecule has 0 atom stereocenters. The average molecular weight is 370 g/mol. The number of halogens is 2. The molecule has 0 radical (unpaired) electrons. The van der Waals surface area contributed by atoms with Crippen molar-refractivity contribution >= 4 is 29.0 Å². The second kappa shape index (κ2) is 8.45. The fourth-order valence-corrected chi connectivity index (χ4v) is 2.49. The van der Waals surface area contributed by atoms with Gasteiger partial charge in [-0.25, -0.2) is 9.37 Å². The van der Waals surface area contributed by atoms with Crippen LogP contribution in [0.3, 0.4) is 0 Å². The third kappa shape index (κ3) is 5.04. The Labute approximate surface area is 156 Å². The van der Waals surface area contributed by atoms with Crippen molar-refractivity contribution in [2.24, 2.45) is 0 Å². The maximum absolute atomic E-state index is 12.9. The number of pyridine rings is 1. The van der Waals surface area contributed by atoms with Crippen LogP contribution in [0.1, 0.15) is 15.9 Å². The summed E-state index contributed by atoms with van der Waals surface area (Å²) in [5.74, 6) is -0.280. The largest absolute Gasteiger partial charge is 0.383 e. The highest BCUT2D eigenvalue weighted by Gasteiger charge is 2.06. The van der Waals surface area contributed by atoms with Crippen molar-refractivity contribution in [3.8, 4) is 0 Å². The van der Waals surface area contributed by atoms with Gasteiger partial charge < -0.3 is 10.6 Å². The fraction of sp³-hybridized carbons (Fsp3) is 0.100. The molecule has 132 valence electrons. The maximum Gasteiger partial charge on any atom is 0.256 e. The third-order valence-electron chi connectivity index (χ3n) is 3.77. The molecule has 26 heavy (non-hydrogen) atoms. The van der Waals surface area contributed by atoms with Crippen LogP contribution in [0.5, 0.6) is 0 Å². The molecule has 4 nitrogen and oxygen atoms in total. The van der Waals surface area contributed by atoms with Crippen molar-refractivity contribution in [1.29, 1.82) is 0 Å². The summed E-state index contributed by atoms with van der Waals surface area (Å²) < 4.78 is 12.9. The van der Waals surface area contributed by atoms with Crippen molar-refractivity contribution in [2.45, 2.75) is 6.42 Å². The van der Waals surface area contributed by atoms with Gasteiger partial charge >= 0.3 is 0 Å². The number of aromatic nitrogens is 1. The minimum atomic E-state index is -0.381. The van der Waals surface area contributed by atoms with E-state index in [1.54, 1.807) is 12.3 Å². The number of carbonyl (C=O) groups is 1. The van der Waals surface area contributed by atoms with E-state index in [4.69, 9.17) is 11.6 Å². The van der Waals surface area contributed by atoms with E-state index in [0.717, 1.165) is 23.7 Å². The number of amides is 1. The summed E-state index contributed by atoms with van der Waals surface area (Å²) in [6, 6.07) is 16.6. The summed E-state index contributed by atoms with van der Waals surface area (Å²) in [6.07, 6.45) is 2.52. The monoisotopic (exact) mass is 369 g/mol. The smallest absolute Gasteiger partial charge is 0.256 e. The van der Waals surface area contributed by atoms with E-state index in [0.29, 0.717) is 11.4 Å². The Hall–Kier alpha value is -2.92. The lowest BCUT2D eigenvalue weighted by Gasteiger charge is -2.08. The Morgan fingerprint density at radius 3 is 2.38 bits per heavy atom. The molecule has 1 aromatic heterocycles. The molecule has 0 saturated carbocycles. The molecule has 0 aliphatic rings. The third-order valence-corrected chi connectivity index (χ3v) is 4.02. The molecular formula is C20H17ClFN3O. The standard InChI is InChI=1S/C20H17ClFN3O/c21-16-5-1-14(2-6-16)11-12-23-18-9-10-19(24-13-18)25-20(26)15-3-7-17(22)8-4-15/h1-10,13,23H,11-12H2,(H,24,25,26). The Morgan fingerprint density at radius 1 is 1.00 bits per heavy atom. The topological polar surface area (TPSA) is 54.0 Å². The van der Waals surface area contributed by atoms with Crippen molar-refractivity contribution in [3.05, 3.63) is 88.8 Å². The molecule has 2 aromatic carbocycles. The molecule has 0 aliphatic heterocycles. The van der Waals surface area contributed by atoms with Crippen LogP contribution in [0, 0.1) is 5.82 Å². The lowest BCUT2D eigenvalue weighted by molar-refractivity contribution is 0.102. The van der Waals surface area contributed by atoms with Crippen molar-refractivity contribution in [3.63, 3.8) is 0 Å². The SMILES string of the molecule is O=C(Nc1ccc(NCCc2ccc(Cl)cc2)cn1)c1ccc(F)cc1. The highest BCUT2D eigenvalue weighted by Crippen LogP contribution is 2.13. The first-order valence-corrected chi connectivity index (χ1v) is 8.49. The van der Waals surface area contributed by atoms with Gasteiger partial charge in [-0.2, -0.15) is 0 Å². The number of carbonyl (C=O) groups excluding carboxylic acids is 1. The quantitative estimate of drug-likeness (QED) is 0.657. The maximum atomic E-state index is 12.9. The Kier molecular flexibility index (Phi) is 5.81. The molecule has 0 fully saturated rings. The summed E-state index contributed by atoms with van der Waals surface area (Å²) in [7, 11) is 0. The molecule has 0 saturated heterocycles. The molecule has 0 spiro atoms. The summed E-state index contributed by atoms with van der Waals surface area (Å²) in [5, 5.41) is 6.68. The van der Waals surface area contributed by atoms with E-state index in [-0.39, 0.29) is 11.7 Å². The summed E-state index contributed by atoms with van der Waals surface area (Å²) in [5.41, 5.74) is 2.43. The zero-order valence-corrected chi connectivity index (χ0v) is 14.6. The lowest BCUT2D eigenvalue weighted by Crippen LogP contribution is -2.13. The van der Waals surface area contributed by atoms with Crippen LogP contribution in [0.15, 0.2) is 66.9 Å². The van der Waals surface area contributed by atoms with Gasteiger partial charge in [0.15, 0.2) is 0 Å². The van der Waals surface area contributed by atoms with Crippen molar-refractivity contribution in [2.75, 3.05) is 17.2 Å². The summed E-state index contributed by atoms with van der Waals surface area (Å²) >= 11 is 5.87. The number of hydrogen-bond donors (Lipinski definition) is 2. The number of rotatable bonds is 6. The number of anilines is 2. The number of nitrogens with zero attached hydrogens (tertiary/aromatic N) is 1. The highest BCUT2D eigenvalue weighted by atomic mass is 35.5.